The van der Waals surface area contributed by atoms with Crippen LogP contribution in [0.2, 0.25) is 0 Å². The average Bonchev–Trinajstić information content (AvgIpc) is 2.92. The van der Waals surface area contributed by atoms with E-state index in [1.807, 2.05) is 0 Å². The fourth-order valence-corrected chi connectivity index (χ4v) is 3.97. The van der Waals surface area contributed by atoms with Gasteiger partial charge in [0.15, 0.2) is 0 Å². The first-order valence-corrected chi connectivity index (χ1v) is 8.95. The van der Waals surface area contributed by atoms with Crippen molar-refractivity contribution in [2.24, 2.45) is 0 Å². The van der Waals surface area contributed by atoms with Crippen molar-refractivity contribution in [1.82, 2.24) is 5.32 Å². The molecule has 1 N–H and O–H groups in total. The molecule has 0 aromatic heterocycles. The highest BCUT2D eigenvalue weighted by Crippen LogP contribution is 2.30. The third-order valence-electron chi connectivity index (χ3n) is 3.80. The molecule has 0 bridgehead atoms. The number of rotatable bonds is 8. The zero-order chi connectivity index (χ0) is 14.2. The van der Waals surface area contributed by atoms with Crippen LogP contribution in [0.15, 0.2) is 24.3 Å². The molecule has 0 saturated heterocycles. The van der Waals surface area contributed by atoms with E-state index < -0.39 is 0 Å². The maximum Gasteiger partial charge on any atom is 0.119 e. The second kappa shape index (κ2) is 8.58. The van der Waals surface area contributed by atoms with Gasteiger partial charge in [0, 0.05) is 17.8 Å². The van der Waals surface area contributed by atoms with Crippen molar-refractivity contribution in [1.29, 1.82) is 0 Å². The van der Waals surface area contributed by atoms with Gasteiger partial charge in [-0.25, -0.2) is 0 Å². The van der Waals surface area contributed by atoms with E-state index in [0.717, 1.165) is 30.6 Å². The number of hydrogen-bond acceptors (Lipinski definition) is 3. The number of hydrogen-bond donors (Lipinski definition) is 1. The van der Waals surface area contributed by atoms with E-state index in [1.54, 1.807) is 0 Å². The number of benzene rings is 1. The summed E-state index contributed by atoms with van der Waals surface area (Å²) in [6, 6.07) is 9.21. The Morgan fingerprint density at radius 3 is 2.70 bits per heavy atom. The van der Waals surface area contributed by atoms with E-state index in [9.17, 15) is 0 Å². The van der Waals surface area contributed by atoms with Crippen molar-refractivity contribution < 1.29 is 4.74 Å². The fraction of sp³-hybridized carbons (Fsp3) is 0.647. The summed E-state index contributed by atoms with van der Waals surface area (Å²) in [5.41, 5.74) is 1.35. The zero-order valence-corrected chi connectivity index (χ0v) is 13.5. The molecule has 0 aliphatic heterocycles. The summed E-state index contributed by atoms with van der Waals surface area (Å²) in [6.45, 7) is 6.16. The third kappa shape index (κ3) is 4.71. The third-order valence-corrected chi connectivity index (χ3v) is 5.12. The van der Waals surface area contributed by atoms with Gasteiger partial charge in [-0.05, 0) is 42.7 Å². The molecular formula is C17H27NOS. The minimum absolute atomic E-state index is 0.691. The highest BCUT2D eigenvalue weighted by molar-refractivity contribution is 7.99. The predicted octanol–water partition coefficient (Wildman–Crippen LogP) is 4.24. The van der Waals surface area contributed by atoms with Gasteiger partial charge in [-0.15, -0.1) is 0 Å². The van der Waals surface area contributed by atoms with Crippen molar-refractivity contribution in [2.75, 3.05) is 12.4 Å². The van der Waals surface area contributed by atoms with E-state index in [1.165, 1.54) is 30.6 Å². The predicted molar refractivity (Wildman–Crippen MR) is 88.6 cm³/mol. The molecule has 1 saturated carbocycles. The van der Waals surface area contributed by atoms with E-state index in [0.29, 0.717) is 6.04 Å². The Hall–Kier alpha value is -0.670. The molecular weight excluding hydrogens is 266 g/mol. The first-order valence-electron chi connectivity index (χ1n) is 7.90. The quantitative estimate of drug-likeness (QED) is 0.774. The highest BCUT2D eigenvalue weighted by Gasteiger charge is 2.26. The normalized spacial score (nSPS) is 22.1. The lowest BCUT2D eigenvalue weighted by Crippen LogP contribution is -2.33. The molecule has 1 aliphatic carbocycles. The molecule has 0 radical (unpaired) electrons. The van der Waals surface area contributed by atoms with E-state index in [-0.39, 0.29) is 0 Å². The number of thioether (sulfide) groups is 1. The number of ether oxygens (including phenoxy) is 1. The topological polar surface area (TPSA) is 21.3 Å². The van der Waals surface area contributed by atoms with Crippen molar-refractivity contribution >= 4 is 11.8 Å². The van der Waals surface area contributed by atoms with Crippen LogP contribution in [0.25, 0.3) is 0 Å². The minimum atomic E-state index is 0.691. The molecule has 2 atom stereocenters. The van der Waals surface area contributed by atoms with E-state index >= 15 is 0 Å². The molecule has 2 nitrogen and oxygen atoms in total. The highest BCUT2D eigenvalue weighted by atomic mass is 32.2. The summed E-state index contributed by atoms with van der Waals surface area (Å²) in [5, 5.41) is 4.55. The molecule has 1 aromatic carbocycles. The molecule has 0 heterocycles. The molecule has 0 spiro atoms. The molecule has 112 valence electrons. The van der Waals surface area contributed by atoms with Gasteiger partial charge in [0.25, 0.3) is 0 Å². The van der Waals surface area contributed by atoms with Crippen LogP contribution in [-0.4, -0.2) is 23.7 Å². The lowest BCUT2D eigenvalue weighted by molar-refractivity contribution is 0.317. The van der Waals surface area contributed by atoms with Gasteiger partial charge in [-0.2, -0.15) is 11.8 Å². The van der Waals surface area contributed by atoms with Crippen LogP contribution in [-0.2, 0) is 6.54 Å². The molecule has 2 unspecified atom stereocenters. The Morgan fingerprint density at radius 2 is 2.00 bits per heavy atom. The summed E-state index contributed by atoms with van der Waals surface area (Å²) < 4.78 is 5.61. The smallest absolute Gasteiger partial charge is 0.119 e. The lowest BCUT2D eigenvalue weighted by atomic mass is 10.2. The summed E-state index contributed by atoms with van der Waals surface area (Å²) >= 11 is 2.11. The van der Waals surface area contributed by atoms with Crippen molar-refractivity contribution in [3.8, 4) is 5.75 Å². The van der Waals surface area contributed by atoms with Crippen LogP contribution in [0.5, 0.6) is 5.75 Å². The zero-order valence-electron chi connectivity index (χ0n) is 12.7. The van der Waals surface area contributed by atoms with Crippen molar-refractivity contribution in [3.05, 3.63) is 29.8 Å². The van der Waals surface area contributed by atoms with Gasteiger partial charge >= 0.3 is 0 Å². The standard InChI is InChI=1S/C17H27NOS/c1-3-12-19-15-10-8-14(9-11-15)13-18-16-6-5-7-17(16)20-4-2/h8-11,16-18H,3-7,12-13H2,1-2H3. The summed E-state index contributed by atoms with van der Waals surface area (Å²) in [7, 11) is 0. The second-order valence-corrected chi connectivity index (χ2v) is 6.92. The fourth-order valence-electron chi connectivity index (χ4n) is 2.75. The minimum Gasteiger partial charge on any atom is -0.494 e. The van der Waals surface area contributed by atoms with E-state index in [4.69, 9.17) is 4.74 Å². The molecule has 1 aromatic rings. The molecule has 1 fully saturated rings. The Kier molecular flexibility index (Phi) is 6.74. The van der Waals surface area contributed by atoms with Crippen LogP contribution < -0.4 is 10.1 Å². The molecule has 0 amide bonds. The summed E-state index contributed by atoms with van der Waals surface area (Å²) in [6.07, 6.45) is 5.13. The monoisotopic (exact) mass is 293 g/mol. The Balaban J connectivity index is 1.78. The lowest BCUT2D eigenvalue weighted by Gasteiger charge is -2.20. The summed E-state index contributed by atoms with van der Waals surface area (Å²) in [5.74, 6) is 2.21. The number of nitrogens with one attached hydrogen (secondary N) is 1. The van der Waals surface area contributed by atoms with Crippen LogP contribution >= 0.6 is 11.8 Å². The molecule has 3 heteroatoms. The first kappa shape index (κ1) is 15.7. The molecule has 1 aliphatic rings. The van der Waals surface area contributed by atoms with Crippen LogP contribution in [0.4, 0.5) is 0 Å². The summed E-state index contributed by atoms with van der Waals surface area (Å²) in [4.78, 5) is 0. The van der Waals surface area contributed by atoms with Crippen LogP contribution in [0.3, 0.4) is 0 Å². The second-order valence-electron chi connectivity index (χ2n) is 5.40. The van der Waals surface area contributed by atoms with Crippen LogP contribution in [0, 0.1) is 0 Å². The van der Waals surface area contributed by atoms with Gasteiger partial charge in [0.05, 0.1) is 6.61 Å². The van der Waals surface area contributed by atoms with Gasteiger partial charge in [0.1, 0.15) is 5.75 Å². The average molecular weight is 293 g/mol. The van der Waals surface area contributed by atoms with Crippen molar-refractivity contribution in [2.45, 2.75) is 57.4 Å². The van der Waals surface area contributed by atoms with E-state index in [2.05, 4.69) is 55.2 Å². The Labute approximate surface area is 127 Å². The molecule has 20 heavy (non-hydrogen) atoms. The molecule has 2 rings (SSSR count). The van der Waals surface area contributed by atoms with Crippen molar-refractivity contribution in [3.63, 3.8) is 0 Å². The maximum atomic E-state index is 5.61. The van der Waals surface area contributed by atoms with Gasteiger partial charge < -0.3 is 10.1 Å². The van der Waals surface area contributed by atoms with Gasteiger partial charge in [0.2, 0.25) is 0 Å². The van der Waals surface area contributed by atoms with Gasteiger partial charge in [-0.3, -0.25) is 0 Å². The Morgan fingerprint density at radius 1 is 1.20 bits per heavy atom. The van der Waals surface area contributed by atoms with Gasteiger partial charge in [-0.1, -0.05) is 32.4 Å². The largest absolute Gasteiger partial charge is 0.494 e. The Bertz CT molecular complexity index is 379. The SMILES string of the molecule is CCCOc1ccc(CNC2CCCC2SCC)cc1. The maximum absolute atomic E-state index is 5.61. The first-order chi connectivity index (χ1) is 9.83. The van der Waals surface area contributed by atoms with Crippen LogP contribution in [0.1, 0.15) is 45.1 Å².